The SMILES string of the molecule is C1=C(c2ccccc2)N=C(c2ccc(-c3cc(-c4ccc(C5=CC(c6ccccc6)=NC(c6ccccc6)N5)cc4)cc4c5c(sc34)=CCCC=5)cc2)[NH2+]C1c1ccccc1. The summed E-state index contributed by atoms with van der Waals surface area (Å²) in [7, 11) is 0. The predicted octanol–water partition coefficient (Wildman–Crippen LogP) is 10.8. The predicted molar refractivity (Wildman–Crippen MR) is 255 cm³/mol. The molecule has 0 saturated carbocycles. The highest BCUT2D eigenvalue weighted by atomic mass is 32.1. The smallest absolute Gasteiger partial charge is 0.232 e. The summed E-state index contributed by atoms with van der Waals surface area (Å²) in [6.07, 6.45) is 11.3. The molecule has 292 valence electrons. The summed E-state index contributed by atoms with van der Waals surface area (Å²) in [5.74, 6) is 0.997. The first-order chi connectivity index (χ1) is 30.2. The average Bonchev–Trinajstić information content (AvgIpc) is 3.73. The molecule has 3 aliphatic rings. The molecule has 0 spiro atoms. The first-order valence-corrected chi connectivity index (χ1v) is 21.9. The molecular weight excluding hydrogens is 761 g/mol. The molecule has 2 atom stereocenters. The van der Waals surface area contributed by atoms with Crippen LogP contribution in [0.5, 0.6) is 0 Å². The Morgan fingerprint density at radius 3 is 1.87 bits per heavy atom. The van der Waals surface area contributed by atoms with Gasteiger partial charge in [0.2, 0.25) is 5.84 Å². The van der Waals surface area contributed by atoms with Crippen LogP contribution in [0.2, 0.25) is 0 Å². The van der Waals surface area contributed by atoms with Gasteiger partial charge in [-0.15, -0.1) is 11.3 Å². The maximum Gasteiger partial charge on any atom is 0.232 e. The monoisotopic (exact) mass is 803 g/mol. The lowest BCUT2D eigenvalue weighted by Crippen LogP contribution is -2.89. The van der Waals surface area contributed by atoms with Gasteiger partial charge >= 0.3 is 0 Å². The second-order valence-electron chi connectivity index (χ2n) is 15.8. The van der Waals surface area contributed by atoms with E-state index < -0.39 is 0 Å². The van der Waals surface area contributed by atoms with E-state index in [1.54, 1.807) is 0 Å². The minimum Gasteiger partial charge on any atom is -0.360 e. The molecule has 7 aromatic carbocycles. The van der Waals surface area contributed by atoms with Crippen LogP contribution in [0, 0.1) is 0 Å². The van der Waals surface area contributed by atoms with Crippen LogP contribution in [-0.2, 0) is 0 Å². The normalized spacial score (nSPS) is 17.1. The van der Waals surface area contributed by atoms with Crippen LogP contribution in [0.25, 0.3) is 55.9 Å². The van der Waals surface area contributed by atoms with Crippen LogP contribution in [0.1, 0.15) is 58.4 Å². The van der Waals surface area contributed by atoms with Crippen LogP contribution >= 0.6 is 11.3 Å². The summed E-state index contributed by atoms with van der Waals surface area (Å²) >= 11 is 1.92. The fourth-order valence-corrected chi connectivity index (χ4v) is 10.0. The van der Waals surface area contributed by atoms with E-state index in [0.29, 0.717) is 0 Å². The van der Waals surface area contributed by atoms with Crippen LogP contribution in [0.4, 0.5) is 0 Å². The Morgan fingerprint density at radius 2 is 1.15 bits per heavy atom. The quantitative estimate of drug-likeness (QED) is 0.158. The Kier molecular flexibility index (Phi) is 9.74. The molecule has 3 N–H and O–H groups in total. The molecule has 8 aromatic rings. The molecule has 61 heavy (non-hydrogen) atoms. The van der Waals surface area contributed by atoms with Crippen molar-refractivity contribution in [3.05, 3.63) is 237 Å². The van der Waals surface area contributed by atoms with E-state index in [1.165, 1.54) is 47.7 Å². The van der Waals surface area contributed by atoms with E-state index >= 15 is 0 Å². The number of thiophene rings is 1. The fraction of sp³-hybridized carbons (Fsp3) is 0.0714. The zero-order valence-corrected chi connectivity index (χ0v) is 34.4. The van der Waals surface area contributed by atoms with Crippen molar-refractivity contribution in [1.82, 2.24) is 5.32 Å². The van der Waals surface area contributed by atoms with Gasteiger partial charge in [0.05, 0.1) is 17.0 Å². The third kappa shape index (κ3) is 7.40. The summed E-state index contributed by atoms with van der Waals surface area (Å²) in [6.45, 7) is 0. The number of nitrogens with zero attached hydrogens (tertiary/aromatic N) is 2. The maximum atomic E-state index is 5.23. The number of rotatable bonds is 8. The number of benzene rings is 7. The standard InChI is InChI=1S/C56H42N4S/c1-5-15-39(16-6-1)49-35-50(40-17-7-2-8-18-40)59-56(58-49)44-31-27-38(28-32-44)47-33-45(34-48-46-23-13-14-24-53(46)61-54(47)48)37-25-29-42(30-26-37)52-36-51(41-19-9-3-10-20-41)57-55(60-52)43-21-11-4-12-22-43/h1-12,15-36,49,55,60H,13-14H2,(H,58,59)/p+1. The van der Waals surface area contributed by atoms with Crippen molar-refractivity contribution >= 4 is 56.5 Å². The van der Waals surface area contributed by atoms with Crippen molar-refractivity contribution in [1.29, 1.82) is 0 Å². The first-order valence-electron chi connectivity index (χ1n) is 21.1. The number of hydrogen-bond donors (Lipinski definition) is 2. The molecule has 0 saturated heterocycles. The summed E-state index contributed by atoms with van der Waals surface area (Å²) in [6, 6.07) is 65.2. The maximum absolute atomic E-state index is 5.23. The largest absolute Gasteiger partial charge is 0.360 e. The average molecular weight is 804 g/mol. The van der Waals surface area contributed by atoms with Crippen molar-refractivity contribution in [2.24, 2.45) is 9.98 Å². The van der Waals surface area contributed by atoms with Gasteiger partial charge in [-0.3, -0.25) is 10.3 Å². The molecule has 0 amide bonds. The van der Waals surface area contributed by atoms with Crippen molar-refractivity contribution in [2.45, 2.75) is 25.0 Å². The van der Waals surface area contributed by atoms with Crippen molar-refractivity contribution in [3.63, 3.8) is 0 Å². The molecule has 5 heteroatoms. The highest BCUT2D eigenvalue weighted by molar-refractivity contribution is 7.17. The second-order valence-corrected chi connectivity index (χ2v) is 16.9. The van der Waals surface area contributed by atoms with E-state index in [-0.39, 0.29) is 12.2 Å². The topological polar surface area (TPSA) is 53.4 Å². The van der Waals surface area contributed by atoms with Gasteiger partial charge < -0.3 is 5.32 Å². The van der Waals surface area contributed by atoms with E-state index in [9.17, 15) is 0 Å². The molecule has 11 rings (SSSR count). The lowest BCUT2D eigenvalue weighted by molar-refractivity contribution is -0.575. The third-order valence-corrected chi connectivity index (χ3v) is 13.2. The fourth-order valence-electron chi connectivity index (χ4n) is 8.74. The number of aliphatic imine (C=N–C) groups is 2. The molecule has 1 aromatic heterocycles. The van der Waals surface area contributed by atoms with E-state index in [0.717, 1.165) is 63.6 Å². The van der Waals surface area contributed by atoms with Crippen molar-refractivity contribution in [2.75, 3.05) is 0 Å². The Labute approximate surface area is 360 Å². The number of hydrogen-bond acceptors (Lipinski definition) is 4. The Morgan fingerprint density at radius 1 is 0.541 bits per heavy atom. The van der Waals surface area contributed by atoms with Gasteiger partial charge in [0.25, 0.3) is 0 Å². The number of nitrogens with one attached hydrogen (secondary N) is 1. The number of fused-ring (bicyclic) bond motifs is 3. The molecule has 0 radical (unpaired) electrons. The number of allylic oxidation sites excluding steroid dienone is 1. The molecule has 3 heterocycles. The minimum absolute atomic E-state index is 0.130. The molecule has 0 bridgehead atoms. The first kappa shape index (κ1) is 36.9. The van der Waals surface area contributed by atoms with Gasteiger partial charge in [-0.05, 0) is 81.8 Å². The van der Waals surface area contributed by atoms with E-state index in [2.05, 4.69) is 217 Å². The van der Waals surface area contributed by atoms with Gasteiger partial charge in [0.15, 0.2) is 0 Å². The Balaban J connectivity index is 0.951. The van der Waals surface area contributed by atoms with Crippen LogP contribution in [0.3, 0.4) is 0 Å². The van der Waals surface area contributed by atoms with Crippen LogP contribution in [-0.4, -0.2) is 11.5 Å². The zero-order chi connectivity index (χ0) is 40.5. The van der Waals surface area contributed by atoms with Crippen LogP contribution in [0.15, 0.2) is 204 Å². The summed E-state index contributed by atoms with van der Waals surface area (Å²) in [5, 5.41) is 8.74. The van der Waals surface area contributed by atoms with E-state index in [1.807, 2.05) is 11.3 Å². The summed E-state index contributed by atoms with van der Waals surface area (Å²) in [4.78, 5) is 10.4. The highest BCUT2D eigenvalue weighted by Crippen LogP contribution is 2.36. The van der Waals surface area contributed by atoms with Gasteiger partial charge in [-0.1, -0.05) is 170 Å². The van der Waals surface area contributed by atoms with Gasteiger partial charge in [-0.25, -0.2) is 0 Å². The lowest BCUT2D eigenvalue weighted by Gasteiger charge is -2.25. The van der Waals surface area contributed by atoms with Gasteiger partial charge in [0.1, 0.15) is 12.2 Å². The molecular formula is C56H43N4S+. The molecule has 1 aliphatic carbocycles. The highest BCUT2D eigenvalue weighted by Gasteiger charge is 2.25. The summed E-state index contributed by atoms with van der Waals surface area (Å²) < 4.78 is 2.72. The van der Waals surface area contributed by atoms with Crippen LogP contribution < -0.4 is 20.4 Å². The van der Waals surface area contributed by atoms with E-state index in [4.69, 9.17) is 9.98 Å². The third-order valence-electron chi connectivity index (χ3n) is 11.9. The molecule has 2 aliphatic heterocycles. The molecule has 4 nitrogen and oxygen atoms in total. The second kappa shape index (κ2) is 16.1. The minimum atomic E-state index is -0.180. The number of amidine groups is 1. The van der Waals surface area contributed by atoms with Gasteiger partial charge in [-0.2, -0.15) is 4.99 Å². The Hall–Kier alpha value is -7.18. The number of nitrogens with two attached hydrogens (primary N) is 1. The molecule has 0 fully saturated rings. The molecule has 2 unspecified atom stereocenters. The lowest BCUT2D eigenvalue weighted by atomic mass is 9.94. The number of quaternary nitrogens is 1. The van der Waals surface area contributed by atoms with Crippen molar-refractivity contribution in [3.8, 4) is 22.3 Å². The summed E-state index contributed by atoms with van der Waals surface area (Å²) in [5.41, 5.74) is 14.8. The zero-order valence-electron chi connectivity index (χ0n) is 33.6. The Bertz CT molecular complexity index is 3150. The van der Waals surface area contributed by atoms with Gasteiger partial charge in [0, 0.05) is 43.1 Å². The van der Waals surface area contributed by atoms with Crippen molar-refractivity contribution < 1.29 is 5.32 Å².